The van der Waals surface area contributed by atoms with E-state index in [0.29, 0.717) is 35.4 Å². The van der Waals surface area contributed by atoms with Crippen molar-refractivity contribution in [3.63, 3.8) is 0 Å². The second kappa shape index (κ2) is 9.76. The second-order valence-corrected chi connectivity index (χ2v) is 9.86. The molecule has 2 aromatic rings. The van der Waals surface area contributed by atoms with E-state index in [0.717, 1.165) is 19.3 Å². The van der Waals surface area contributed by atoms with Crippen LogP contribution in [0.25, 0.3) is 0 Å². The van der Waals surface area contributed by atoms with Gasteiger partial charge in [0, 0.05) is 13.0 Å². The predicted octanol–water partition coefficient (Wildman–Crippen LogP) is 3.97. The standard InChI is InChI=1S/C28H30N2O6/c1-3-35-24-7-5-4-6-23(24)29-16-18(15-25(29)31)28(34)36-20-11-9-19(10-12-20)30-26(32)21-13-8-17(2)14-22(21)27(30)33/h4-7,9-12,17-18,21-22H,3,8,13-16H2,1-2H3/t17-,18+,21+,22-/m0/s1. The molecule has 3 aliphatic rings. The molecular weight excluding hydrogens is 460 g/mol. The number of ether oxygens (including phenoxy) is 2. The third-order valence-electron chi connectivity index (χ3n) is 7.42. The molecule has 2 saturated heterocycles. The van der Waals surface area contributed by atoms with Crippen molar-refractivity contribution in [2.75, 3.05) is 23.0 Å². The fourth-order valence-electron chi connectivity index (χ4n) is 5.56. The molecule has 0 aromatic heterocycles. The topological polar surface area (TPSA) is 93.2 Å². The molecule has 3 amide bonds. The molecule has 8 heteroatoms. The molecule has 2 aliphatic heterocycles. The summed E-state index contributed by atoms with van der Waals surface area (Å²) in [6, 6.07) is 13.7. The van der Waals surface area contributed by atoms with Crippen molar-refractivity contribution >= 4 is 35.1 Å². The summed E-state index contributed by atoms with van der Waals surface area (Å²) in [5.41, 5.74) is 1.13. The van der Waals surface area contributed by atoms with Crippen molar-refractivity contribution in [1.29, 1.82) is 0 Å². The lowest BCUT2D eigenvalue weighted by Gasteiger charge is -2.25. The molecule has 188 valence electrons. The number of hydrogen-bond acceptors (Lipinski definition) is 6. The molecule has 4 atom stereocenters. The van der Waals surface area contributed by atoms with E-state index < -0.39 is 11.9 Å². The van der Waals surface area contributed by atoms with Crippen LogP contribution in [-0.4, -0.2) is 36.8 Å². The van der Waals surface area contributed by atoms with E-state index in [1.54, 1.807) is 41.3 Å². The molecule has 8 nitrogen and oxygen atoms in total. The van der Waals surface area contributed by atoms with Gasteiger partial charge in [-0.15, -0.1) is 0 Å². The van der Waals surface area contributed by atoms with Crippen LogP contribution in [0.2, 0.25) is 0 Å². The SMILES string of the molecule is CCOc1ccccc1N1C[C@H](C(=O)Oc2ccc(N3C(=O)[C@H]4C[C@@H](C)CC[C@H]4C3=O)cc2)CC1=O. The smallest absolute Gasteiger partial charge is 0.316 e. The Morgan fingerprint density at radius 2 is 1.69 bits per heavy atom. The lowest BCUT2D eigenvalue weighted by molar-refractivity contribution is -0.139. The van der Waals surface area contributed by atoms with E-state index in [2.05, 4.69) is 6.92 Å². The number of nitrogens with zero attached hydrogens (tertiary/aromatic N) is 2. The molecule has 0 spiro atoms. The average molecular weight is 491 g/mol. The Hall–Kier alpha value is -3.68. The normalized spacial score (nSPS) is 25.8. The summed E-state index contributed by atoms with van der Waals surface area (Å²) in [6.45, 7) is 4.67. The van der Waals surface area contributed by atoms with E-state index in [1.165, 1.54) is 4.90 Å². The van der Waals surface area contributed by atoms with Crippen LogP contribution in [0.3, 0.4) is 0 Å². The van der Waals surface area contributed by atoms with Crippen molar-refractivity contribution < 1.29 is 28.7 Å². The fraction of sp³-hybridized carbons (Fsp3) is 0.429. The Morgan fingerprint density at radius 1 is 0.972 bits per heavy atom. The molecule has 3 fully saturated rings. The molecule has 0 unspecified atom stereocenters. The number of carbonyl (C=O) groups excluding carboxylic acids is 4. The van der Waals surface area contributed by atoms with Crippen LogP contribution in [0.15, 0.2) is 48.5 Å². The molecule has 0 bridgehead atoms. The van der Waals surface area contributed by atoms with Crippen LogP contribution in [0.1, 0.15) is 39.5 Å². The first kappa shape index (κ1) is 24.0. The third-order valence-corrected chi connectivity index (χ3v) is 7.42. The predicted molar refractivity (Wildman–Crippen MR) is 133 cm³/mol. The number of benzene rings is 2. The van der Waals surface area contributed by atoms with Crippen molar-refractivity contribution in [3.05, 3.63) is 48.5 Å². The van der Waals surface area contributed by atoms with Crippen molar-refractivity contribution in [2.24, 2.45) is 23.7 Å². The maximum absolute atomic E-state index is 13.0. The zero-order valence-corrected chi connectivity index (χ0v) is 20.5. The van der Waals surface area contributed by atoms with E-state index in [-0.39, 0.29) is 42.5 Å². The number of anilines is 2. The van der Waals surface area contributed by atoms with Gasteiger partial charge in [-0.05, 0) is 68.5 Å². The Bertz CT molecular complexity index is 1190. The first-order chi connectivity index (χ1) is 17.4. The van der Waals surface area contributed by atoms with E-state index >= 15 is 0 Å². The van der Waals surface area contributed by atoms with Crippen LogP contribution < -0.4 is 19.3 Å². The first-order valence-electron chi connectivity index (χ1n) is 12.6. The van der Waals surface area contributed by atoms with Gasteiger partial charge in [0.05, 0.1) is 35.7 Å². The number of esters is 1. The minimum Gasteiger partial charge on any atom is -0.492 e. The van der Waals surface area contributed by atoms with Crippen molar-refractivity contribution in [1.82, 2.24) is 0 Å². The second-order valence-electron chi connectivity index (χ2n) is 9.86. The Labute approximate surface area is 210 Å². The van der Waals surface area contributed by atoms with Crippen molar-refractivity contribution in [3.8, 4) is 11.5 Å². The molecule has 1 aliphatic carbocycles. The van der Waals surface area contributed by atoms with Crippen LogP contribution in [0.4, 0.5) is 11.4 Å². The van der Waals surface area contributed by atoms with E-state index in [4.69, 9.17) is 9.47 Å². The van der Waals surface area contributed by atoms with Gasteiger partial charge in [0.15, 0.2) is 0 Å². The first-order valence-corrected chi connectivity index (χ1v) is 12.6. The molecule has 5 rings (SSSR count). The monoisotopic (exact) mass is 490 g/mol. The van der Waals surface area contributed by atoms with Gasteiger partial charge in [0.1, 0.15) is 11.5 Å². The quantitative estimate of drug-likeness (QED) is 0.346. The number of carbonyl (C=O) groups is 4. The summed E-state index contributed by atoms with van der Waals surface area (Å²) in [4.78, 5) is 54.2. The summed E-state index contributed by atoms with van der Waals surface area (Å²) in [7, 11) is 0. The van der Waals surface area contributed by atoms with Gasteiger partial charge in [-0.1, -0.05) is 19.1 Å². The molecule has 0 N–H and O–H groups in total. The largest absolute Gasteiger partial charge is 0.492 e. The highest BCUT2D eigenvalue weighted by Crippen LogP contribution is 2.42. The lowest BCUT2D eigenvalue weighted by atomic mass is 9.76. The number of hydrogen-bond donors (Lipinski definition) is 0. The molecule has 1 saturated carbocycles. The highest BCUT2D eigenvalue weighted by atomic mass is 16.5. The lowest BCUT2D eigenvalue weighted by Crippen LogP contribution is -2.30. The molecule has 2 heterocycles. The van der Waals surface area contributed by atoms with Gasteiger partial charge in [-0.3, -0.25) is 24.1 Å². The summed E-state index contributed by atoms with van der Waals surface area (Å²) < 4.78 is 11.2. The number of para-hydroxylation sites is 2. The minimum atomic E-state index is -0.612. The van der Waals surface area contributed by atoms with Crippen LogP contribution in [-0.2, 0) is 19.2 Å². The molecule has 36 heavy (non-hydrogen) atoms. The summed E-state index contributed by atoms with van der Waals surface area (Å²) >= 11 is 0. The molecular formula is C28H30N2O6. The minimum absolute atomic E-state index is 0.0509. The fourth-order valence-corrected chi connectivity index (χ4v) is 5.56. The molecule has 2 aromatic carbocycles. The summed E-state index contributed by atoms with van der Waals surface area (Å²) in [5.74, 6) is -0.697. The molecule has 0 radical (unpaired) electrons. The summed E-state index contributed by atoms with van der Waals surface area (Å²) in [5, 5.41) is 0. The maximum atomic E-state index is 13.0. The van der Waals surface area contributed by atoms with E-state index in [1.807, 2.05) is 19.1 Å². The zero-order chi connectivity index (χ0) is 25.4. The maximum Gasteiger partial charge on any atom is 0.316 e. The Balaban J connectivity index is 1.24. The van der Waals surface area contributed by atoms with Crippen molar-refractivity contribution in [2.45, 2.75) is 39.5 Å². The number of rotatable bonds is 6. The number of amides is 3. The third kappa shape index (κ3) is 4.36. The highest BCUT2D eigenvalue weighted by molar-refractivity contribution is 6.22. The van der Waals surface area contributed by atoms with Gasteiger partial charge >= 0.3 is 5.97 Å². The van der Waals surface area contributed by atoms with Gasteiger partial charge in [0.25, 0.3) is 0 Å². The van der Waals surface area contributed by atoms with Crippen LogP contribution in [0.5, 0.6) is 11.5 Å². The highest BCUT2D eigenvalue weighted by Gasteiger charge is 2.50. The Morgan fingerprint density at radius 3 is 2.44 bits per heavy atom. The van der Waals surface area contributed by atoms with Gasteiger partial charge < -0.3 is 14.4 Å². The van der Waals surface area contributed by atoms with Crippen LogP contribution >= 0.6 is 0 Å². The van der Waals surface area contributed by atoms with Crippen LogP contribution in [0, 0.1) is 23.7 Å². The van der Waals surface area contributed by atoms with Gasteiger partial charge in [-0.25, -0.2) is 0 Å². The van der Waals surface area contributed by atoms with Gasteiger partial charge in [-0.2, -0.15) is 0 Å². The van der Waals surface area contributed by atoms with E-state index in [9.17, 15) is 19.2 Å². The number of fused-ring (bicyclic) bond motifs is 1. The average Bonchev–Trinajstić information content (AvgIpc) is 3.37. The van der Waals surface area contributed by atoms with Gasteiger partial charge in [0.2, 0.25) is 17.7 Å². The Kier molecular flexibility index (Phi) is 6.51. The summed E-state index contributed by atoms with van der Waals surface area (Å²) in [6.07, 6.45) is 2.50. The number of imide groups is 1. The zero-order valence-electron chi connectivity index (χ0n) is 20.5.